The molecule has 2 unspecified atom stereocenters. The van der Waals surface area contributed by atoms with Gasteiger partial charge in [-0.25, -0.2) is 0 Å². The monoisotopic (exact) mass is 398 g/mol. The van der Waals surface area contributed by atoms with Crippen molar-refractivity contribution in [1.29, 1.82) is 0 Å². The van der Waals surface area contributed by atoms with Gasteiger partial charge in [-0.05, 0) is 45.3 Å². The van der Waals surface area contributed by atoms with Gasteiger partial charge in [0.15, 0.2) is 5.78 Å². The summed E-state index contributed by atoms with van der Waals surface area (Å²) in [5, 5.41) is 1.68. The van der Waals surface area contributed by atoms with Crippen molar-refractivity contribution in [2.45, 2.75) is 48.5 Å². The molecule has 3 heteroatoms. The van der Waals surface area contributed by atoms with E-state index in [0.717, 1.165) is 11.1 Å². The SMILES string of the molecule is C[Si](C)(C)c1c2c(c3c4c1C1C[C@@]1(P)[C@]41C=C[C@H]3C=C1)-c1ccccc1C2=O. The number of allylic oxidation sites excluding steroid dienone is 4. The number of hydrogen-bond acceptors (Lipinski definition) is 1. The smallest absolute Gasteiger partial charge is 0.194 e. The highest BCUT2D eigenvalue weighted by Crippen LogP contribution is 2.77. The summed E-state index contributed by atoms with van der Waals surface area (Å²) in [5.41, 5.74) is 9.04. The molecule has 0 amide bonds. The third-order valence-corrected chi connectivity index (χ3v) is 11.1. The van der Waals surface area contributed by atoms with Crippen LogP contribution in [0.15, 0.2) is 48.6 Å². The van der Waals surface area contributed by atoms with Crippen molar-refractivity contribution in [2.75, 3.05) is 0 Å². The van der Waals surface area contributed by atoms with Crippen molar-refractivity contribution in [3.05, 3.63) is 76.4 Å². The van der Waals surface area contributed by atoms with Crippen molar-refractivity contribution in [3.63, 3.8) is 0 Å². The molecule has 0 aromatic heterocycles. The summed E-state index contributed by atoms with van der Waals surface area (Å²) >= 11 is 0. The number of benzene rings is 2. The van der Waals surface area contributed by atoms with Gasteiger partial charge in [-0.2, -0.15) is 0 Å². The van der Waals surface area contributed by atoms with Gasteiger partial charge in [-0.3, -0.25) is 4.79 Å². The fourth-order valence-electron chi connectivity index (χ4n) is 6.86. The summed E-state index contributed by atoms with van der Waals surface area (Å²) in [5.74, 6) is 1.17. The number of hydrogen-bond donors (Lipinski definition) is 0. The van der Waals surface area contributed by atoms with Gasteiger partial charge in [0, 0.05) is 27.6 Å². The lowest BCUT2D eigenvalue weighted by atomic mass is 9.63. The maximum atomic E-state index is 13.7. The molecule has 0 N–H and O–H groups in total. The summed E-state index contributed by atoms with van der Waals surface area (Å²) < 4.78 is 0. The Balaban J connectivity index is 1.74. The van der Waals surface area contributed by atoms with E-state index in [2.05, 4.69) is 65.3 Å². The summed E-state index contributed by atoms with van der Waals surface area (Å²) in [6.07, 6.45) is 11.0. The second kappa shape index (κ2) is 4.37. The van der Waals surface area contributed by atoms with E-state index in [9.17, 15) is 4.79 Å². The molecule has 3 atom stereocenters. The highest BCUT2D eigenvalue weighted by molar-refractivity contribution is 7.20. The fraction of sp³-hybridized carbons (Fsp3) is 0.320. The van der Waals surface area contributed by atoms with Crippen molar-refractivity contribution in [1.82, 2.24) is 0 Å². The van der Waals surface area contributed by atoms with E-state index < -0.39 is 8.07 Å². The van der Waals surface area contributed by atoms with Crippen LogP contribution in [0.4, 0.5) is 0 Å². The van der Waals surface area contributed by atoms with Crippen molar-refractivity contribution >= 4 is 28.3 Å². The molecule has 0 heterocycles. The van der Waals surface area contributed by atoms with Crippen LogP contribution in [0.5, 0.6) is 0 Å². The zero-order valence-electron chi connectivity index (χ0n) is 16.5. The maximum absolute atomic E-state index is 13.7. The fourth-order valence-corrected chi connectivity index (χ4v) is 9.70. The van der Waals surface area contributed by atoms with E-state index in [1.165, 1.54) is 28.3 Å². The zero-order chi connectivity index (χ0) is 19.2. The molecular weight excluding hydrogens is 375 g/mol. The molecule has 1 spiro atoms. The highest BCUT2D eigenvalue weighted by atomic mass is 31.0. The van der Waals surface area contributed by atoms with Crippen molar-refractivity contribution in [3.8, 4) is 11.1 Å². The third kappa shape index (κ3) is 1.44. The number of rotatable bonds is 1. The van der Waals surface area contributed by atoms with Gasteiger partial charge in [0.25, 0.3) is 0 Å². The first kappa shape index (κ1) is 16.1. The molecule has 1 fully saturated rings. The highest BCUT2D eigenvalue weighted by Gasteiger charge is 2.72. The summed E-state index contributed by atoms with van der Waals surface area (Å²) in [6, 6.07) is 8.30. The molecule has 2 aromatic rings. The van der Waals surface area contributed by atoms with E-state index in [1.807, 2.05) is 12.1 Å². The van der Waals surface area contributed by atoms with E-state index >= 15 is 0 Å². The second-order valence-electron chi connectivity index (χ2n) is 10.4. The molecule has 0 radical (unpaired) electrons. The largest absolute Gasteiger partial charge is 0.289 e. The lowest BCUT2D eigenvalue weighted by Gasteiger charge is -2.43. The predicted molar refractivity (Wildman–Crippen MR) is 121 cm³/mol. The molecule has 6 aliphatic carbocycles. The lowest BCUT2D eigenvalue weighted by Crippen LogP contribution is -2.46. The predicted octanol–water partition coefficient (Wildman–Crippen LogP) is 5.02. The Morgan fingerprint density at radius 1 is 1.00 bits per heavy atom. The average molecular weight is 399 g/mol. The molecular formula is C25H23OPSi. The zero-order valence-corrected chi connectivity index (χ0v) is 18.6. The summed E-state index contributed by atoms with van der Waals surface area (Å²) in [7, 11) is 1.52. The van der Waals surface area contributed by atoms with E-state index in [4.69, 9.17) is 0 Å². The van der Waals surface area contributed by atoms with Crippen LogP contribution in [0.25, 0.3) is 11.1 Å². The molecule has 0 aliphatic heterocycles. The van der Waals surface area contributed by atoms with Gasteiger partial charge < -0.3 is 0 Å². The number of carbonyl (C=O) groups is 1. The molecule has 138 valence electrons. The second-order valence-corrected chi connectivity index (χ2v) is 16.4. The first-order chi connectivity index (χ1) is 13.3. The Hall–Kier alpha value is -1.76. The molecule has 28 heavy (non-hydrogen) atoms. The van der Waals surface area contributed by atoms with E-state index in [-0.39, 0.29) is 16.4 Å². The van der Waals surface area contributed by atoms with Crippen LogP contribution in [0.3, 0.4) is 0 Å². The Morgan fingerprint density at radius 3 is 2.36 bits per heavy atom. The Bertz CT molecular complexity index is 1210. The molecule has 2 aromatic carbocycles. The molecule has 0 saturated heterocycles. The van der Waals surface area contributed by atoms with Gasteiger partial charge in [0.2, 0.25) is 0 Å². The van der Waals surface area contributed by atoms with Gasteiger partial charge in [-0.15, -0.1) is 9.24 Å². The molecule has 6 aliphatic rings. The van der Waals surface area contributed by atoms with Crippen molar-refractivity contribution < 1.29 is 4.79 Å². The van der Waals surface area contributed by atoms with Crippen LogP contribution >= 0.6 is 9.24 Å². The maximum Gasteiger partial charge on any atom is 0.194 e. The minimum absolute atomic E-state index is 0.0196. The van der Waals surface area contributed by atoms with Gasteiger partial charge in [0.1, 0.15) is 0 Å². The quantitative estimate of drug-likeness (QED) is 0.320. The molecule has 2 bridgehead atoms. The average Bonchev–Trinajstić information content (AvgIpc) is 3.23. The lowest BCUT2D eigenvalue weighted by molar-refractivity contribution is 0.104. The minimum atomic E-state index is -1.73. The van der Waals surface area contributed by atoms with Crippen LogP contribution in [0, 0.1) is 0 Å². The number of ketones is 1. The topological polar surface area (TPSA) is 17.1 Å². The first-order valence-corrected chi connectivity index (χ1v) is 14.4. The summed E-state index contributed by atoms with van der Waals surface area (Å²) in [4.78, 5) is 13.7. The molecule has 8 rings (SSSR count). The minimum Gasteiger partial charge on any atom is -0.289 e. The Labute approximate surface area is 169 Å². The van der Waals surface area contributed by atoms with Crippen LogP contribution in [0.1, 0.15) is 50.9 Å². The number of carbonyl (C=O) groups excluding carboxylic acids is 1. The first-order valence-electron chi connectivity index (χ1n) is 10.4. The van der Waals surface area contributed by atoms with E-state index in [1.54, 1.807) is 11.1 Å². The molecule has 1 nitrogen and oxygen atoms in total. The van der Waals surface area contributed by atoms with Gasteiger partial charge >= 0.3 is 0 Å². The number of fused-ring (bicyclic) bond motifs is 5. The van der Waals surface area contributed by atoms with Gasteiger partial charge in [0.05, 0.1) is 8.07 Å². The van der Waals surface area contributed by atoms with Crippen LogP contribution in [-0.2, 0) is 5.41 Å². The normalized spacial score (nSPS) is 34.4. The molecule has 1 saturated carbocycles. The van der Waals surface area contributed by atoms with Crippen LogP contribution < -0.4 is 5.19 Å². The van der Waals surface area contributed by atoms with Gasteiger partial charge in [-0.1, -0.05) is 68.2 Å². The summed E-state index contributed by atoms with van der Waals surface area (Å²) in [6.45, 7) is 7.27. The Kier molecular flexibility index (Phi) is 2.51. The van der Waals surface area contributed by atoms with Crippen LogP contribution in [-0.4, -0.2) is 19.0 Å². The standard InChI is InChI=1S/C25H23OPSi/c1-28(2,3)23-19-16-12-25(16,27)24-10-8-13(9-11-24)17(21(19)24)18-14-6-4-5-7-15(14)22(26)20(18)23/h4-11,13,16H,12,27H2,1-3H3/t13-,16?,24-,25-/m0/s1. The van der Waals surface area contributed by atoms with Crippen molar-refractivity contribution in [2.24, 2.45) is 0 Å². The third-order valence-electron chi connectivity index (χ3n) is 8.00. The van der Waals surface area contributed by atoms with E-state index in [0.29, 0.717) is 11.8 Å². The van der Waals surface area contributed by atoms with Crippen LogP contribution in [0.2, 0.25) is 19.6 Å². The Morgan fingerprint density at radius 2 is 1.68 bits per heavy atom.